The molecule has 0 aliphatic heterocycles. The van der Waals surface area contributed by atoms with Gasteiger partial charge in [-0.3, -0.25) is 9.48 Å². The molecule has 0 bridgehead atoms. The van der Waals surface area contributed by atoms with E-state index in [1.165, 1.54) is 4.68 Å². The first-order valence-electron chi connectivity index (χ1n) is 9.59. The maximum Gasteiger partial charge on any atom is 0.276 e. The Kier molecular flexibility index (Phi) is 6.63. The van der Waals surface area contributed by atoms with Crippen LogP contribution >= 0.6 is 23.2 Å². The number of carbonyl (C=O) groups excluding carboxylic acids is 1. The van der Waals surface area contributed by atoms with Gasteiger partial charge < -0.3 is 14.8 Å². The Morgan fingerprint density at radius 1 is 1.09 bits per heavy atom. The Balaban J connectivity index is 1.35. The minimum absolute atomic E-state index is 0.0508. The van der Waals surface area contributed by atoms with Crippen LogP contribution in [0.3, 0.4) is 0 Å². The molecule has 0 radical (unpaired) electrons. The number of benzene rings is 2. The van der Waals surface area contributed by atoms with Crippen molar-refractivity contribution >= 4 is 34.8 Å². The van der Waals surface area contributed by atoms with E-state index < -0.39 is 0 Å². The Labute approximate surface area is 194 Å². The Morgan fingerprint density at radius 2 is 1.88 bits per heavy atom. The normalized spacial score (nSPS) is 10.7. The summed E-state index contributed by atoms with van der Waals surface area (Å²) >= 11 is 12.2. The van der Waals surface area contributed by atoms with Crippen LogP contribution < -0.4 is 14.8 Å². The summed E-state index contributed by atoms with van der Waals surface area (Å²) in [4.78, 5) is 12.5. The van der Waals surface area contributed by atoms with Gasteiger partial charge in [-0.25, -0.2) is 4.68 Å². The second-order valence-electron chi connectivity index (χ2n) is 6.80. The van der Waals surface area contributed by atoms with Crippen molar-refractivity contribution in [1.29, 1.82) is 0 Å². The highest BCUT2D eigenvalue weighted by Gasteiger charge is 2.12. The molecule has 0 spiro atoms. The molecule has 1 N–H and O–H groups in total. The summed E-state index contributed by atoms with van der Waals surface area (Å²) < 4.78 is 14.1. The number of hydrogen-bond donors (Lipinski definition) is 1. The zero-order valence-electron chi connectivity index (χ0n) is 17.0. The van der Waals surface area contributed by atoms with E-state index in [0.29, 0.717) is 28.0 Å². The number of aromatic nitrogens is 4. The van der Waals surface area contributed by atoms with E-state index in [1.807, 2.05) is 24.3 Å². The maximum absolute atomic E-state index is 12.5. The van der Waals surface area contributed by atoms with Gasteiger partial charge in [0.25, 0.3) is 5.91 Å². The molecule has 0 fully saturated rings. The van der Waals surface area contributed by atoms with Crippen molar-refractivity contribution in [3.8, 4) is 11.5 Å². The lowest BCUT2D eigenvalue weighted by Gasteiger charge is -2.09. The minimum atomic E-state index is -0.361. The first-order chi connectivity index (χ1) is 15.5. The monoisotopic (exact) mass is 471 g/mol. The number of nitrogens with zero attached hydrogens (tertiary/aromatic N) is 4. The van der Waals surface area contributed by atoms with Crippen LogP contribution in [0.1, 0.15) is 16.1 Å². The van der Waals surface area contributed by atoms with Crippen LogP contribution in [0.4, 0.5) is 5.69 Å². The predicted octanol–water partition coefficient (Wildman–Crippen LogP) is 4.73. The number of methoxy groups -OCH3 is 1. The van der Waals surface area contributed by atoms with Crippen molar-refractivity contribution in [2.45, 2.75) is 13.3 Å². The standard InChI is InChI=1S/C22H19Cl2N5O3/c1-31-17-5-2-4-15(10-17)12-29-13-16(11-25-29)26-22(30)20-8-9-28(27-20)14-32-21-18(23)6-3-7-19(21)24/h2-11,13H,12,14H2,1H3,(H,26,30). The van der Waals surface area contributed by atoms with Gasteiger partial charge in [-0.05, 0) is 35.9 Å². The van der Waals surface area contributed by atoms with Crippen LogP contribution in [-0.4, -0.2) is 32.6 Å². The van der Waals surface area contributed by atoms with Crippen LogP contribution in [0.25, 0.3) is 0 Å². The summed E-state index contributed by atoms with van der Waals surface area (Å²) in [6.07, 6.45) is 4.96. The third-order valence-corrected chi connectivity index (χ3v) is 5.10. The molecule has 0 saturated heterocycles. The molecular weight excluding hydrogens is 453 g/mol. The average Bonchev–Trinajstić information content (AvgIpc) is 3.43. The average molecular weight is 472 g/mol. The van der Waals surface area contributed by atoms with Gasteiger partial charge in [-0.2, -0.15) is 10.2 Å². The van der Waals surface area contributed by atoms with E-state index in [-0.39, 0.29) is 18.3 Å². The molecule has 10 heteroatoms. The molecule has 4 aromatic rings. The van der Waals surface area contributed by atoms with Crippen LogP contribution in [0.2, 0.25) is 10.0 Å². The molecular formula is C22H19Cl2N5O3. The first kappa shape index (κ1) is 21.7. The summed E-state index contributed by atoms with van der Waals surface area (Å²) in [5.74, 6) is 0.779. The molecule has 0 aliphatic rings. The van der Waals surface area contributed by atoms with Crippen molar-refractivity contribution < 1.29 is 14.3 Å². The summed E-state index contributed by atoms with van der Waals surface area (Å²) in [6, 6.07) is 14.4. The molecule has 0 unspecified atom stereocenters. The number of anilines is 1. The predicted molar refractivity (Wildman–Crippen MR) is 122 cm³/mol. The summed E-state index contributed by atoms with van der Waals surface area (Å²) in [7, 11) is 1.63. The lowest BCUT2D eigenvalue weighted by molar-refractivity contribution is 0.102. The van der Waals surface area contributed by atoms with E-state index in [1.54, 1.807) is 54.6 Å². The molecule has 2 aromatic carbocycles. The minimum Gasteiger partial charge on any atom is -0.497 e. The highest BCUT2D eigenvalue weighted by molar-refractivity contribution is 6.37. The highest BCUT2D eigenvalue weighted by atomic mass is 35.5. The molecule has 0 aliphatic carbocycles. The molecule has 2 heterocycles. The van der Waals surface area contributed by atoms with E-state index >= 15 is 0 Å². The van der Waals surface area contributed by atoms with Crippen molar-refractivity contribution in [2.24, 2.45) is 0 Å². The summed E-state index contributed by atoms with van der Waals surface area (Å²) in [6.45, 7) is 0.596. The smallest absolute Gasteiger partial charge is 0.276 e. The first-order valence-corrected chi connectivity index (χ1v) is 10.3. The maximum atomic E-state index is 12.5. The number of amides is 1. The molecule has 8 nitrogen and oxygen atoms in total. The third kappa shape index (κ3) is 5.22. The fraction of sp³-hybridized carbons (Fsp3) is 0.136. The topological polar surface area (TPSA) is 83.2 Å². The molecule has 32 heavy (non-hydrogen) atoms. The summed E-state index contributed by atoms with van der Waals surface area (Å²) in [5, 5.41) is 12.1. The Morgan fingerprint density at radius 3 is 2.66 bits per heavy atom. The molecule has 4 rings (SSSR count). The number of halogens is 2. The molecule has 0 saturated carbocycles. The zero-order chi connectivity index (χ0) is 22.5. The number of para-hydroxylation sites is 1. The van der Waals surface area contributed by atoms with Gasteiger partial charge in [0.1, 0.15) is 5.75 Å². The van der Waals surface area contributed by atoms with E-state index in [2.05, 4.69) is 15.5 Å². The highest BCUT2D eigenvalue weighted by Crippen LogP contribution is 2.32. The van der Waals surface area contributed by atoms with Gasteiger partial charge in [0.05, 0.1) is 35.6 Å². The van der Waals surface area contributed by atoms with Crippen LogP contribution in [0.5, 0.6) is 11.5 Å². The van der Waals surface area contributed by atoms with Crippen molar-refractivity contribution in [3.05, 3.63) is 88.4 Å². The molecule has 164 valence electrons. The van der Waals surface area contributed by atoms with Gasteiger partial charge >= 0.3 is 0 Å². The molecule has 2 aromatic heterocycles. The third-order valence-electron chi connectivity index (χ3n) is 4.50. The number of rotatable bonds is 8. The lowest BCUT2D eigenvalue weighted by Crippen LogP contribution is -2.14. The largest absolute Gasteiger partial charge is 0.497 e. The molecule has 0 atom stereocenters. The van der Waals surface area contributed by atoms with Crippen LogP contribution in [0.15, 0.2) is 67.1 Å². The SMILES string of the molecule is COc1cccc(Cn2cc(NC(=O)c3ccn(COc4c(Cl)cccc4Cl)n3)cn2)c1. The number of hydrogen-bond acceptors (Lipinski definition) is 5. The molecule has 1 amide bonds. The lowest BCUT2D eigenvalue weighted by atomic mass is 10.2. The number of nitrogens with one attached hydrogen (secondary N) is 1. The van der Waals surface area contributed by atoms with E-state index in [0.717, 1.165) is 11.3 Å². The number of carbonyl (C=O) groups is 1. The second kappa shape index (κ2) is 9.76. The fourth-order valence-corrected chi connectivity index (χ4v) is 3.48. The Bertz CT molecular complexity index is 1220. The van der Waals surface area contributed by atoms with Crippen molar-refractivity contribution in [3.63, 3.8) is 0 Å². The van der Waals surface area contributed by atoms with Gasteiger partial charge in [0, 0.05) is 12.4 Å². The van der Waals surface area contributed by atoms with Gasteiger partial charge in [-0.1, -0.05) is 41.4 Å². The fourth-order valence-electron chi connectivity index (χ4n) is 2.97. The number of ether oxygens (including phenoxy) is 2. The van der Waals surface area contributed by atoms with Crippen molar-refractivity contribution in [1.82, 2.24) is 19.6 Å². The van der Waals surface area contributed by atoms with Gasteiger partial charge in [-0.15, -0.1) is 0 Å². The summed E-state index contributed by atoms with van der Waals surface area (Å²) in [5.41, 5.74) is 1.83. The quantitative estimate of drug-likeness (QED) is 0.401. The second-order valence-corrected chi connectivity index (χ2v) is 7.61. The van der Waals surface area contributed by atoms with E-state index in [4.69, 9.17) is 32.7 Å². The van der Waals surface area contributed by atoms with Crippen LogP contribution in [-0.2, 0) is 13.3 Å². The van der Waals surface area contributed by atoms with Crippen molar-refractivity contribution in [2.75, 3.05) is 12.4 Å². The van der Waals surface area contributed by atoms with Gasteiger partial charge in [0.2, 0.25) is 0 Å². The van der Waals surface area contributed by atoms with Crippen LogP contribution in [0, 0.1) is 0 Å². The van der Waals surface area contributed by atoms with Gasteiger partial charge in [0.15, 0.2) is 18.2 Å². The zero-order valence-corrected chi connectivity index (χ0v) is 18.5. The van der Waals surface area contributed by atoms with E-state index in [9.17, 15) is 4.79 Å². The Hall–Kier alpha value is -3.49.